The molecule has 4 aliphatic rings. The van der Waals surface area contributed by atoms with E-state index in [9.17, 15) is 36.6 Å². The quantitative estimate of drug-likeness (QED) is 0.131. The van der Waals surface area contributed by atoms with Crippen LogP contribution in [-0.2, 0) is 9.47 Å². The molecule has 0 unspecified atom stereocenters. The van der Waals surface area contributed by atoms with Crippen molar-refractivity contribution in [1.29, 1.82) is 0 Å². The predicted molar refractivity (Wildman–Crippen MR) is 227 cm³/mol. The van der Waals surface area contributed by atoms with Crippen LogP contribution >= 0.6 is 0 Å². The molecular formula is C44H40F6N10O4. The van der Waals surface area contributed by atoms with Crippen LogP contribution in [0.5, 0.6) is 0 Å². The van der Waals surface area contributed by atoms with Gasteiger partial charge >= 0.3 is 0 Å². The zero-order valence-electron chi connectivity index (χ0n) is 33.8. The average Bonchev–Trinajstić information content (AvgIpc) is 3.89. The molecule has 8 heterocycles. The van der Waals surface area contributed by atoms with E-state index in [1.165, 1.54) is 0 Å². The lowest BCUT2D eigenvalue weighted by molar-refractivity contribution is 0.0949. The van der Waals surface area contributed by atoms with E-state index in [4.69, 9.17) is 9.47 Å². The van der Waals surface area contributed by atoms with Gasteiger partial charge in [-0.25, -0.2) is 46.3 Å². The lowest BCUT2D eigenvalue weighted by Gasteiger charge is -2.26. The number of fused-ring (bicyclic) bond motifs is 2. The van der Waals surface area contributed by atoms with Crippen molar-refractivity contribution >= 4 is 57.1 Å². The van der Waals surface area contributed by atoms with Gasteiger partial charge in [0.1, 0.15) is 83.7 Å². The summed E-state index contributed by atoms with van der Waals surface area (Å²) in [5.74, 6) is -1.49. The number of aliphatic hydroxyl groups is 2. The second-order valence-corrected chi connectivity index (χ2v) is 15.6. The van der Waals surface area contributed by atoms with Crippen LogP contribution in [-0.4, -0.2) is 106 Å². The minimum atomic E-state index is -1.21. The van der Waals surface area contributed by atoms with Gasteiger partial charge in [-0.1, -0.05) is 0 Å². The Morgan fingerprint density at radius 3 is 1.42 bits per heavy atom. The summed E-state index contributed by atoms with van der Waals surface area (Å²) in [6.45, 7) is 0.707. The summed E-state index contributed by atoms with van der Waals surface area (Å²) in [7, 11) is 0. The largest absolute Gasteiger partial charge is 0.462 e. The van der Waals surface area contributed by atoms with E-state index in [2.05, 4.69) is 40.6 Å². The Kier molecular flexibility index (Phi) is 12.0. The lowest BCUT2D eigenvalue weighted by Crippen LogP contribution is -2.31. The lowest BCUT2D eigenvalue weighted by atomic mass is 10.0. The Bertz CT molecular complexity index is 2570. The zero-order chi connectivity index (χ0) is 44.5. The molecule has 0 spiro atoms. The molecule has 0 amide bonds. The van der Waals surface area contributed by atoms with Crippen LogP contribution in [0.3, 0.4) is 0 Å². The first-order valence-corrected chi connectivity index (χ1v) is 20.4. The Morgan fingerprint density at radius 1 is 0.578 bits per heavy atom. The Hall–Kier alpha value is -6.80. The highest BCUT2D eigenvalue weighted by Crippen LogP contribution is 2.40. The predicted octanol–water partition coefficient (Wildman–Crippen LogP) is 6.71. The molecule has 2 fully saturated rings. The van der Waals surface area contributed by atoms with Crippen LogP contribution < -0.4 is 20.4 Å². The molecule has 4 aliphatic heterocycles. The summed E-state index contributed by atoms with van der Waals surface area (Å²) < 4.78 is 96.0. The van der Waals surface area contributed by atoms with E-state index in [0.29, 0.717) is 45.1 Å². The fraction of sp³-hybridized carbons (Fsp3) is 0.318. The van der Waals surface area contributed by atoms with Crippen molar-refractivity contribution in [1.82, 2.24) is 19.9 Å². The van der Waals surface area contributed by atoms with E-state index in [1.807, 2.05) is 0 Å². The van der Waals surface area contributed by atoms with Gasteiger partial charge in [0.05, 0.1) is 60.7 Å². The molecule has 0 saturated carbocycles. The van der Waals surface area contributed by atoms with Gasteiger partial charge in [-0.05, 0) is 72.8 Å². The van der Waals surface area contributed by atoms with Crippen molar-refractivity contribution in [3.8, 4) is 0 Å². The number of hydrogen-bond acceptors (Lipinski definition) is 14. The van der Waals surface area contributed by atoms with E-state index in [0.717, 1.165) is 36.4 Å². The average molecular weight is 887 g/mol. The number of aliphatic imine (C=N–C) groups is 2. The Balaban J connectivity index is 0.000000162. The van der Waals surface area contributed by atoms with Crippen molar-refractivity contribution in [2.24, 2.45) is 9.98 Å². The maximum Gasteiger partial charge on any atom is 0.289 e. The number of hydrogen-bond donors (Lipinski definition) is 4. The molecule has 332 valence electrons. The number of ether oxygens (including phenoxy) is 2. The number of alkyl halides is 2. The maximum absolute atomic E-state index is 14.4. The van der Waals surface area contributed by atoms with Gasteiger partial charge in [0, 0.05) is 36.4 Å². The number of amidine groups is 2. The molecule has 0 radical (unpaired) electrons. The maximum atomic E-state index is 14.4. The smallest absolute Gasteiger partial charge is 0.289 e. The van der Waals surface area contributed by atoms with Crippen molar-refractivity contribution < 1.29 is 46.0 Å². The molecule has 10 rings (SSSR count). The topological polar surface area (TPSA) is 166 Å². The molecule has 0 aliphatic carbocycles. The molecule has 6 aromatic rings. The van der Waals surface area contributed by atoms with E-state index < -0.39 is 59.9 Å². The van der Waals surface area contributed by atoms with E-state index in [-0.39, 0.29) is 75.4 Å². The third kappa shape index (κ3) is 9.14. The molecule has 2 aromatic carbocycles. The van der Waals surface area contributed by atoms with Crippen LogP contribution in [0, 0.1) is 23.3 Å². The zero-order valence-corrected chi connectivity index (χ0v) is 33.8. The monoisotopic (exact) mass is 886 g/mol. The number of anilines is 4. The number of halogens is 6. The molecule has 2 saturated heterocycles. The Labute approximate surface area is 361 Å². The molecule has 14 nitrogen and oxygen atoms in total. The standard InChI is InChI=1S/2C22H20F3N5O2/c2*23-12-1-2-16(25)15(7-12)19-8-13(24)10-30(19)20-4-3-17-21(29-20)18(5-6-26-17)28-22-27-9-14(31)11-32-22/h2*1-7,13-14,19,31H,8-11H2,(H,26,27,28)/t13-,14+,19+;13-,14-,19+/m00/s1. The van der Waals surface area contributed by atoms with Gasteiger partial charge in [0.2, 0.25) is 0 Å². The third-order valence-corrected chi connectivity index (χ3v) is 11.1. The summed E-state index contributed by atoms with van der Waals surface area (Å²) in [4.78, 5) is 29.5. The van der Waals surface area contributed by atoms with Crippen molar-refractivity contribution in [2.75, 3.05) is 59.8 Å². The second-order valence-electron chi connectivity index (χ2n) is 15.6. The van der Waals surface area contributed by atoms with Gasteiger partial charge in [-0.15, -0.1) is 0 Å². The van der Waals surface area contributed by atoms with Gasteiger partial charge in [-0.2, -0.15) is 0 Å². The van der Waals surface area contributed by atoms with Crippen LogP contribution in [0.15, 0.2) is 95.2 Å². The normalized spacial score (nSPS) is 23.2. The molecule has 0 bridgehead atoms. The number of aromatic nitrogens is 4. The minimum absolute atomic E-state index is 0.00978. The highest BCUT2D eigenvalue weighted by molar-refractivity contribution is 5.99. The van der Waals surface area contributed by atoms with Crippen LogP contribution in [0.25, 0.3) is 22.1 Å². The molecular weight excluding hydrogens is 847 g/mol. The summed E-state index contributed by atoms with van der Waals surface area (Å²) in [6, 6.07) is 15.8. The summed E-state index contributed by atoms with van der Waals surface area (Å²) in [5.41, 5.74) is 3.47. The first-order chi connectivity index (χ1) is 30.9. The van der Waals surface area contributed by atoms with Crippen molar-refractivity contribution in [3.63, 3.8) is 0 Å². The highest BCUT2D eigenvalue weighted by atomic mass is 19.2. The molecule has 6 atom stereocenters. The fourth-order valence-corrected chi connectivity index (χ4v) is 8.06. The summed E-state index contributed by atoms with van der Waals surface area (Å²) in [6.07, 6.45) is -0.445. The number of aliphatic hydroxyl groups excluding tert-OH is 2. The molecule has 4 N–H and O–H groups in total. The first kappa shape index (κ1) is 42.5. The first-order valence-electron chi connectivity index (χ1n) is 20.4. The van der Waals surface area contributed by atoms with Crippen LogP contribution in [0.2, 0.25) is 0 Å². The number of benzene rings is 2. The van der Waals surface area contributed by atoms with E-state index >= 15 is 0 Å². The number of nitrogens with zero attached hydrogens (tertiary/aromatic N) is 8. The van der Waals surface area contributed by atoms with Gasteiger partial charge in [0.15, 0.2) is 0 Å². The highest BCUT2D eigenvalue weighted by Gasteiger charge is 2.37. The van der Waals surface area contributed by atoms with E-state index in [1.54, 1.807) is 58.6 Å². The van der Waals surface area contributed by atoms with Crippen LogP contribution in [0.1, 0.15) is 36.1 Å². The molecule has 20 heteroatoms. The SMILES string of the molecule is O[C@@H]1CN=C(Nc2ccnc3ccc(N4C[C@@H](F)C[C@@H]4c4cc(F)ccc4F)nc23)OC1.O[C@H]1CN=C(Nc2ccnc3ccc(N4C[C@@H](F)C[C@@H]4c4cc(F)ccc4F)nc23)OC1. The van der Waals surface area contributed by atoms with Crippen molar-refractivity contribution in [3.05, 3.63) is 120 Å². The number of nitrogens with one attached hydrogen (secondary N) is 2. The summed E-state index contributed by atoms with van der Waals surface area (Å²) >= 11 is 0. The molecule has 64 heavy (non-hydrogen) atoms. The summed E-state index contributed by atoms with van der Waals surface area (Å²) in [5, 5.41) is 25.1. The minimum Gasteiger partial charge on any atom is -0.462 e. The number of pyridine rings is 4. The Morgan fingerprint density at radius 2 is 1.02 bits per heavy atom. The van der Waals surface area contributed by atoms with Gasteiger partial charge in [0.25, 0.3) is 12.0 Å². The van der Waals surface area contributed by atoms with Crippen LogP contribution in [0.4, 0.5) is 49.4 Å². The third-order valence-electron chi connectivity index (χ3n) is 11.1. The second kappa shape index (κ2) is 18.1. The fourth-order valence-electron chi connectivity index (χ4n) is 8.06. The molecule has 4 aromatic heterocycles. The number of rotatable bonds is 6. The van der Waals surface area contributed by atoms with Crippen molar-refractivity contribution in [2.45, 2.75) is 49.5 Å². The van der Waals surface area contributed by atoms with Gasteiger partial charge < -0.3 is 40.1 Å². The van der Waals surface area contributed by atoms with Gasteiger partial charge in [-0.3, -0.25) is 9.97 Å².